The smallest absolute Gasteiger partial charge is 0.262 e. The summed E-state index contributed by atoms with van der Waals surface area (Å²) in [5.74, 6) is 0. The molecule has 1 aromatic heterocycles. The van der Waals surface area contributed by atoms with Gasteiger partial charge in [0.25, 0.3) is 10.0 Å². The maximum atomic E-state index is 12.9. The first kappa shape index (κ1) is 21.4. The Morgan fingerprint density at radius 2 is 1.62 bits per heavy atom. The van der Waals surface area contributed by atoms with Gasteiger partial charge in [0.2, 0.25) is 0 Å². The molecule has 3 rings (SSSR count). The molecule has 5 nitrogen and oxygen atoms in total. The van der Waals surface area contributed by atoms with E-state index in [9.17, 15) is 8.42 Å². The van der Waals surface area contributed by atoms with Crippen molar-refractivity contribution in [2.75, 3.05) is 4.72 Å². The maximum Gasteiger partial charge on any atom is 0.262 e. The summed E-state index contributed by atoms with van der Waals surface area (Å²) in [6.07, 6.45) is 3.16. The molecule has 0 aliphatic heterocycles. The van der Waals surface area contributed by atoms with Crippen molar-refractivity contribution < 1.29 is 8.42 Å². The molecule has 0 unspecified atom stereocenters. The second-order valence-corrected chi connectivity index (χ2v) is 9.30. The van der Waals surface area contributed by atoms with Gasteiger partial charge in [0.15, 0.2) is 0 Å². The predicted molar refractivity (Wildman–Crippen MR) is 118 cm³/mol. The topological polar surface area (TPSA) is 64.0 Å². The van der Waals surface area contributed by atoms with Gasteiger partial charge in [-0.25, -0.2) is 8.42 Å². The molecule has 0 saturated carbocycles. The van der Waals surface area contributed by atoms with E-state index in [2.05, 4.69) is 16.7 Å². The molecule has 0 radical (unpaired) electrons. The summed E-state index contributed by atoms with van der Waals surface area (Å²) < 4.78 is 30.3. The number of aryl methyl sites for hydroxylation is 2. The SMILES string of the molecule is CCCCc1ccc(S(=O)(=O)Nc2c(C)nn(Cc3ccc(Cl)cc3)c2C)cc1. The number of hydrogen-bond acceptors (Lipinski definition) is 3. The van der Waals surface area contributed by atoms with Crippen LogP contribution in [-0.2, 0) is 23.0 Å². The normalized spacial score (nSPS) is 11.6. The van der Waals surface area contributed by atoms with E-state index in [1.165, 1.54) is 0 Å². The molecule has 154 valence electrons. The van der Waals surface area contributed by atoms with Crippen molar-refractivity contribution in [3.63, 3.8) is 0 Å². The Hall–Kier alpha value is -2.31. The van der Waals surface area contributed by atoms with Crippen LogP contribution in [0.5, 0.6) is 0 Å². The Bertz CT molecular complexity index is 1070. The average molecular weight is 432 g/mol. The zero-order valence-corrected chi connectivity index (χ0v) is 18.5. The summed E-state index contributed by atoms with van der Waals surface area (Å²) in [5, 5.41) is 5.19. The highest BCUT2D eigenvalue weighted by molar-refractivity contribution is 7.92. The van der Waals surface area contributed by atoms with Crippen molar-refractivity contribution in [2.45, 2.75) is 51.5 Å². The molecule has 1 N–H and O–H groups in total. The van der Waals surface area contributed by atoms with Crippen LogP contribution in [0, 0.1) is 13.8 Å². The molecule has 0 bridgehead atoms. The van der Waals surface area contributed by atoms with E-state index in [0.29, 0.717) is 22.9 Å². The molecule has 0 fully saturated rings. The van der Waals surface area contributed by atoms with Crippen molar-refractivity contribution in [1.82, 2.24) is 9.78 Å². The zero-order valence-electron chi connectivity index (χ0n) is 16.9. The van der Waals surface area contributed by atoms with Crippen molar-refractivity contribution in [3.05, 3.63) is 76.1 Å². The van der Waals surface area contributed by atoms with Crippen LogP contribution in [-0.4, -0.2) is 18.2 Å². The fourth-order valence-electron chi connectivity index (χ4n) is 3.17. The third-order valence-corrected chi connectivity index (χ3v) is 6.53. The molecule has 1 heterocycles. The Kier molecular flexibility index (Phi) is 6.65. The van der Waals surface area contributed by atoms with Crippen LogP contribution >= 0.6 is 11.6 Å². The minimum atomic E-state index is -3.68. The van der Waals surface area contributed by atoms with Gasteiger partial charge in [0.05, 0.1) is 28.5 Å². The van der Waals surface area contributed by atoms with E-state index >= 15 is 0 Å². The number of nitrogens with one attached hydrogen (secondary N) is 1. The first-order chi connectivity index (χ1) is 13.8. The lowest BCUT2D eigenvalue weighted by atomic mass is 10.1. The summed E-state index contributed by atoms with van der Waals surface area (Å²) in [7, 11) is -3.68. The van der Waals surface area contributed by atoms with Crippen molar-refractivity contribution in [3.8, 4) is 0 Å². The van der Waals surface area contributed by atoms with Gasteiger partial charge in [-0.2, -0.15) is 5.10 Å². The van der Waals surface area contributed by atoms with Gasteiger partial charge in [-0.3, -0.25) is 9.40 Å². The van der Waals surface area contributed by atoms with Crippen molar-refractivity contribution >= 4 is 27.3 Å². The number of hydrogen-bond donors (Lipinski definition) is 1. The van der Waals surface area contributed by atoms with E-state index in [1.54, 1.807) is 23.7 Å². The van der Waals surface area contributed by atoms with Crippen LogP contribution in [0.4, 0.5) is 5.69 Å². The van der Waals surface area contributed by atoms with Crippen LogP contribution in [0.15, 0.2) is 53.4 Å². The number of anilines is 1. The summed E-state index contributed by atoms with van der Waals surface area (Å²) >= 11 is 5.94. The van der Waals surface area contributed by atoms with Gasteiger partial charge < -0.3 is 0 Å². The molecule has 3 aromatic rings. The number of nitrogens with zero attached hydrogens (tertiary/aromatic N) is 2. The molecule has 0 aliphatic rings. The van der Waals surface area contributed by atoms with E-state index in [4.69, 9.17) is 11.6 Å². The monoisotopic (exact) mass is 431 g/mol. The lowest BCUT2D eigenvalue weighted by Crippen LogP contribution is -2.14. The number of aromatic nitrogens is 2. The summed E-state index contributed by atoms with van der Waals surface area (Å²) in [4.78, 5) is 0.252. The van der Waals surface area contributed by atoms with Gasteiger partial charge >= 0.3 is 0 Å². The highest BCUT2D eigenvalue weighted by atomic mass is 35.5. The fraction of sp³-hybridized carbons (Fsp3) is 0.318. The molecular formula is C22H26ClN3O2S. The molecular weight excluding hydrogens is 406 g/mol. The first-order valence-corrected chi connectivity index (χ1v) is 11.6. The van der Waals surface area contributed by atoms with Crippen molar-refractivity contribution in [1.29, 1.82) is 0 Å². The van der Waals surface area contributed by atoms with Crippen molar-refractivity contribution in [2.24, 2.45) is 0 Å². The molecule has 0 spiro atoms. The Labute approximate surface area is 177 Å². The molecule has 0 aliphatic carbocycles. The van der Waals surface area contributed by atoms with E-state index < -0.39 is 10.0 Å². The molecule has 0 atom stereocenters. The van der Waals surface area contributed by atoms with E-state index in [1.807, 2.05) is 43.3 Å². The largest absolute Gasteiger partial charge is 0.276 e. The van der Waals surface area contributed by atoms with Crippen LogP contribution < -0.4 is 4.72 Å². The second-order valence-electron chi connectivity index (χ2n) is 7.18. The Balaban J connectivity index is 1.80. The van der Waals surface area contributed by atoms with Gasteiger partial charge in [-0.05, 0) is 62.1 Å². The van der Waals surface area contributed by atoms with Crippen LogP contribution in [0.2, 0.25) is 5.02 Å². The third kappa shape index (κ3) is 5.19. The molecule has 29 heavy (non-hydrogen) atoms. The predicted octanol–water partition coefficient (Wildman–Crippen LogP) is 5.35. The maximum absolute atomic E-state index is 12.9. The number of rotatable bonds is 8. The Morgan fingerprint density at radius 3 is 2.24 bits per heavy atom. The fourth-order valence-corrected chi connectivity index (χ4v) is 4.47. The summed E-state index contributed by atoms with van der Waals surface area (Å²) in [5.41, 5.74) is 4.11. The van der Waals surface area contributed by atoms with Gasteiger partial charge in [0, 0.05) is 5.02 Å². The number of unbranched alkanes of at least 4 members (excludes halogenated alkanes) is 1. The minimum Gasteiger partial charge on any atom is -0.276 e. The van der Waals surface area contributed by atoms with Gasteiger partial charge in [-0.1, -0.05) is 49.2 Å². The lowest BCUT2D eigenvalue weighted by Gasteiger charge is -2.10. The van der Waals surface area contributed by atoms with Crippen LogP contribution in [0.3, 0.4) is 0 Å². The molecule has 2 aromatic carbocycles. The number of halogens is 1. The standard InChI is InChI=1S/C22H26ClN3O2S/c1-4-5-6-18-9-13-21(14-10-18)29(27,28)25-22-16(2)24-26(17(22)3)15-19-7-11-20(23)12-8-19/h7-14,25H,4-6,15H2,1-3H3. The lowest BCUT2D eigenvalue weighted by molar-refractivity contribution is 0.601. The summed E-state index contributed by atoms with van der Waals surface area (Å²) in [6, 6.07) is 14.6. The minimum absolute atomic E-state index is 0.252. The Morgan fingerprint density at radius 1 is 1.00 bits per heavy atom. The number of benzene rings is 2. The van der Waals surface area contributed by atoms with Gasteiger partial charge in [-0.15, -0.1) is 0 Å². The molecule has 0 amide bonds. The van der Waals surface area contributed by atoms with Crippen LogP contribution in [0.1, 0.15) is 42.3 Å². The average Bonchev–Trinajstić information content (AvgIpc) is 2.95. The second kappa shape index (κ2) is 9.01. The van der Waals surface area contributed by atoms with E-state index in [0.717, 1.165) is 36.1 Å². The number of sulfonamides is 1. The highest BCUT2D eigenvalue weighted by Crippen LogP contribution is 2.24. The third-order valence-electron chi connectivity index (χ3n) is 4.92. The molecule has 7 heteroatoms. The van der Waals surface area contributed by atoms with E-state index in [-0.39, 0.29) is 4.90 Å². The highest BCUT2D eigenvalue weighted by Gasteiger charge is 2.20. The molecule has 0 saturated heterocycles. The quantitative estimate of drug-likeness (QED) is 0.523. The first-order valence-electron chi connectivity index (χ1n) is 9.70. The summed E-state index contributed by atoms with van der Waals surface area (Å²) in [6.45, 7) is 6.34. The zero-order chi connectivity index (χ0) is 21.0. The van der Waals surface area contributed by atoms with Crippen LogP contribution in [0.25, 0.3) is 0 Å². The van der Waals surface area contributed by atoms with Gasteiger partial charge in [0.1, 0.15) is 0 Å².